The molecule has 3 heterocycles. The molecule has 0 bridgehead atoms. The third kappa shape index (κ3) is 3.53. The number of nitrogens with one attached hydrogen (secondary N) is 1. The van der Waals surface area contributed by atoms with Crippen LogP contribution < -0.4 is 5.32 Å². The molecule has 1 aliphatic heterocycles. The van der Waals surface area contributed by atoms with Gasteiger partial charge in [-0.3, -0.25) is 14.5 Å². The van der Waals surface area contributed by atoms with Crippen LogP contribution in [0.4, 0.5) is 0 Å². The van der Waals surface area contributed by atoms with Gasteiger partial charge >= 0.3 is 0 Å². The fourth-order valence-electron chi connectivity index (χ4n) is 3.00. The smallest absolute Gasteiger partial charge is 0.239 e. The fourth-order valence-corrected chi connectivity index (χ4v) is 4.78. The van der Waals surface area contributed by atoms with Gasteiger partial charge in [-0.05, 0) is 34.9 Å². The van der Waals surface area contributed by atoms with Gasteiger partial charge in [-0.1, -0.05) is 6.07 Å². The van der Waals surface area contributed by atoms with Gasteiger partial charge in [0, 0.05) is 30.4 Å². The Morgan fingerprint density at radius 2 is 2.17 bits per heavy atom. The van der Waals surface area contributed by atoms with E-state index in [-0.39, 0.29) is 24.4 Å². The zero-order valence-corrected chi connectivity index (χ0v) is 15.5. The fraction of sp³-hybridized carbons (Fsp3) is 0.412. The quantitative estimate of drug-likeness (QED) is 0.884. The normalized spacial score (nSPS) is 17.3. The number of carbonyl (C=O) groups excluding carboxylic acids is 2. The Morgan fingerprint density at radius 3 is 2.88 bits per heavy atom. The summed E-state index contributed by atoms with van der Waals surface area (Å²) in [7, 11) is 3.26. The minimum absolute atomic E-state index is 0.0289. The molecule has 2 aromatic rings. The number of thiophene rings is 2. The molecule has 1 atom stereocenters. The van der Waals surface area contributed by atoms with Crippen molar-refractivity contribution < 1.29 is 9.59 Å². The van der Waals surface area contributed by atoms with E-state index in [4.69, 9.17) is 0 Å². The van der Waals surface area contributed by atoms with Gasteiger partial charge in [0.1, 0.15) is 0 Å². The van der Waals surface area contributed by atoms with E-state index in [9.17, 15) is 9.59 Å². The van der Waals surface area contributed by atoms with Gasteiger partial charge in [0.15, 0.2) is 0 Å². The van der Waals surface area contributed by atoms with Crippen molar-refractivity contribution >= 4 is 34.5 Å². The molecule has 0 spiro atoms. The maximum absolute atomic E-state index is 12.5. The van der Waals surface area contributed by atoms with Gasteiger partial charge in [-0.2, -0.15) is 0 Å². The molecule has 0 aliphatic carbocycles. The highest BCUT2D eigenvalue weighted by molar-refractivity contribution is 7.10. The standard InChI is InChI=1S/C17H21N3O2S2/c1-18-15(21)10-19(2)16(22)11-20-7-5-13-12(6-9-24-13)17(20)14-4-3-8-23-14/h3-4,6,8-9,17H,5,7,10-11H2,1-2H3,(H,18,21)/t17-/m1/s1. The summed E-state index contributed by atoms with van der Waals surface area (Å²) in [5.74, 6) is -0.182. The highest BCUT2D eigenvalue weighted by Gasteiger charge is 2.32. The summed E-state index contributed by atoms with van der Waals surface area (Å²) in [6, 6.07) is 6.50. The Morgan fingerprint density at radius 1 is 1.33 bits per heavy atom. The highest BCUT2D eigenvalue weighted by Crippen LogP contribution is 2.39. The number of rotatable bonds is 5. The van der Waals surface area contributed by atoms with Gasteiger partial charge in [-0.15, -0.1) is 22.7 Å². The van der Waals surface area contributed by atoms with Gasteiger partial charge in [0.05, 0.1) is 19.1 Å². The second-order valence-electron chi connectivity index (χ2n) is 5.86. The molecule has 0 radical (unpaired) electrons. The first kappa shape index (κ1) is 17.1. The van der Waals surface area contributed by atoms with Crippen molar-refractivity contribution in [3.05, 3.63) is 44.3 Å². The number of fused-ring (bicyclic) bond motifs is 1. The van der Waals surface area contributed by atoms with Crippen LogP contribution in [0.2, 0.25) is 0 Å². The Kier molecular flexibility index (Phi) is 5.33. The summed E-state index contributed by atoms with van der Waals surface area (Å²) in [5, 5.41) is 6.76. The van der Waals surface area contributed by atoms with Gasteiger partial charge in [0.2, 0.25) is 11.8 Å². The largest absolute Gasteiger partial charge is 0.358 e. The van der Waals surface area contributed by atoms with Crippen LogP contribution in [0.5, 0.6) is 0 Å². The summed E-state index contributed by atoms with van der Waals surface area (Å²) < 4.78 is 0. The van der Waals surface area contributed by atoms with E-state index in [2.05, 4.69) is 39.2 Å². The van der Waals surface area contributed by atoms with E-state index in [0.29, 0.717) is 6.54 Å². The van der Waals surface area contributed by atoms with Crippen LogP contribution in [-0.2, 0) is 16.0 Å². The molecule has 0 aromatic carbocycles. The minimum atomic E-state index is -0.153. The van der Waals surface area contributed by atoms with E-state index in [1.165, 1.54) is 20.2 Å². The van der Waals surface area contributed by atoms with Crippen molar-refractivity contribution in [3.63, 3.8) is 0 Å². The first-order chi connectivity index (χ1) is 11.6. The lowest BCUT2D eigenvalue weighted by atomic mass is 9.98. The van der Waals surface area contributed by atoms with Crippen molar-refractivity contribution in [1.29, 1.82) is 0 Å². The van der Waals surface area contributed by atoms with E-state index in [1.807, 2.05) is 0 Å². The summed E-state index contributed by atoms with van der Waals surface area (Å²) in [6.07, 6.45) is 0.974. The van der Waals surface area contributed by atoms with Crippen LogP contribution in [-0.4, -0.2) is 55.3 Å². The molecule has 128 valence electrons. The molecule has 24 heavy (non-hydrogen) atoms. The molecule has 0 saturated heterocycles. The van der Waals surface area contributed by atoms with Crippen molar-refractivity contribution in [2.75, 3.05) is 33.7 Å². The maximum Gasteiger partial charge on any atom is 0.239 e. The summed E-state index contributed by atoms with van der Waals surface area (Å²) >= 11 is 3.52. The predicted molar refractivity (Wildman–Crippen MR) is 97.5 cm³/mol. The van der Waals surface area contributed by atoms with Crippen LogP contribution in [0.15, 0.2) is 29.0 Å². The number of amides is 2. The first-order valence-electron chi connectivity index (χ1n) is 7.88. The zero-order valence-electron chi connectivity index (χ0n) is 13.8. The van der Waals surface area contributed by atoms with Crippen LogP contribution >= 0.6 is 22.7 Å². The van der Waals surface area contributed by atoms with E-state index >= 15 is 0 Å². The lowest BCUT2D eigenvalue weighted by Crippen LogP contribution is -2.45. The molecule has 2 amide bonds. The Labute approximate surface area is 149 Å². The molecule has 0 saturated carbocycles. The molecule has 3 rings (SSSR count). The molecule has 1 N–H and O–H groups in total. The Hall–Kier alpha value is -1.70. The molecule has 1 aliphatic rings. The maximum atomic E-state index is 12.5. The van der Waals surface area contributed by atoms with E-state index < -0.39 is 0 Å². The summed E-state index contributed by atoms with van der Waals surface area (Å²) in [4.78, 5) is 30.4. The average Bonchev–Trinajstić information content (AvgIpc) is 3.25. The molecule has 0 fully saturated rings. The first-order valence-corrected chi connectivity index (χ1v) is 9.64. The van der Waals surface area contributed by atoms with Crippen LogP contribution in [0, 0.1) is 0 Å². The third-order valence-corrected chi connectivity index (χ3v) is 6.22. The van der Waals surface area contributed by atoms with E-state index in [1.54, 1.807) is 36.8 Å². The zero-order chi connectivity index (χ0) is 17.1. The van der Waals surface area contributed by atoms with Crippen molar-refractivity contribution in [2.24, 2.45) is 0 Å². The average molecular weight is 364 g/mol. The number of likely N-dealkylation sites (N-methyl/N-ethyl adjacent to an activating group) is 2. The van der Waals surface area contributed by atoms with E-state index in [0.717, 1.165) is 13.0 Å². The topological polar surface area (TPSA) is 52.7 Å². The lowest BCUT2D eigenvalue weighted by Gasteiger charge is -2.35. The molecule has 2 aromatic heterocycles. The molecule has 5 nitrogen and oxygen atoms in total. The van der Waals surface area contributed by atoms with Crippen molar-refractivity contribution in [2.45, 2.75) is 12.5 Å². The van der Waals surface area contributed by atoms with Crippen molar-refractivity contribution in [1.82, 2.24) is 15.1 Å². The third-order valence-electron chi connectivity index (χ3n) is 4.30. The second-order valence-corrected chi connectivity index (χ2v) is 7.84. The number of carbonyl (C=O) groups is 2. The summed E-state index contributed by atoms with van der Waals surface area (Å²) in [6.45, 7) is 1.28. The van der Waals surface area contributed by atoms with Crippen molar-refractivity contribution in [3.8, 4) is 0 Å². The predicted octanol–water partition coefficient (Wildman–Crippen LogP) is 1.96. The van der Waals surface area contributed by atoms with Gasteiger partial charge < -0.3 is 10.2 Å². The molecule has 0 unspecified atom stereocenters. The number of hydrogen-bond donors (Lipinski definition) is 1. The van der Waals surface area contributed by atoms with Gasteiger partial charge in [0.25, 0.3) is 0 Å². The Bertz CT molecular complexity index is 711. The molecular formula is C17H21N3O2S2. The monoisotopic (exact) mass is 363 g/mol. The summed E-state index contributed by atoms with van der Waals surface area (Å²) in [5.41, 5.74) is 1.32. The molecular weight excluding hydrogens is 342 g/mol. The van der Waals surface area contributed by atoms with Gasteiger partial charge in [-0.25, -0.2) is 0 Å². The lowest BCUT2D eigenvalue weighted by molar-refractivity contribution is -0.135. The van der Waals surface area contributed by atoms with Crippen LogP contribution in [0.1, 0.15) is 21.4 Å². The minimum Gasteiger partial charge on any atom is -0.358 e. The van der Waals surface area contributed by atoms with Crippen LogP contribution in [0.3, 0.4) is 0 Å². The number of hydrogen-bond acceptors (Lipinski definition) is 5. The molecule has 7 heteroatoms. The Balaban J connectivity index is 1.77. The SMILES string of the molecule is CNC(=O)CN(C)C(=O)CN1CCc2sccc2[C@@H]1c1cccs1. The highest BCUT2D eigenvalue weighted by atomic mass is 32.1. The second kappa shape index (κ2) is 7.46. The van der Waals surface area contributed by atoms with Crippen LogP contribution in [0.25, 0.3) is 0 Å². The number of nitrogens with zero attached hydrogens (tertiary/aromatic N) is 2.